The highest BCUT2D eigenvalue weighted by Crippen LogP contribution is 2.18. The lowest BCUT2D eigenvalue weighted by atomic mass is 10.0. The van der Waals surface area contributed by atoms with Crippen LogP contribution in [0, 0.1) is 0 Å². The van der Waals surface area contributed by atoms with Gasteiger partial charge in [-0.05, 0) is 44.9 Å². The summed E-state index contributed by atoms with van der Waals surface area (Å²) in [4.78, 5) is 38.3. The molecule has 0 saturated carbocycles. The van der Waals surface area contributed by atoms with Crippen molar-refractivity contribution < 1.29 is 28.6 Å². The number of unbranched alkanes of at least 4 members (excludes halogenated alkanes) is 47. The zero-order chi connectivity index (χ0) is 51.4. The molecule has 0 N–H and O–H groups in total. The first kappa shape index (κ1) is 69.2. The Bertz CT molecular complexity index is 1100. The van der Waals surface area contributed by atoms with Crippen molar-refractivity contribution in [3.63, 3.8) is 0 Å². The molecule has 0 aromatic rings. The van der Waals surface area contributed by atoms with Crippen LogP contribution in [0.1, 0.15) is 367 Å². The summed E-state index contributed by atoms with van der Waals surface area (Å²) >= 11 is 0. The van der Waals surface area contributed by atoms with Crippen molar-refractivity contribution in [3.05, 3.63) is 12.2 Å². The molecule has 1 atom stereocenters. The molecular weight excluding hydrogens is 877 g/mol. The number of rotatable bonds is 60. The third-order valence-electron chi connectivity index (χ3n) is 14.8. The van der Waals surface area contributed by atoms with Crippen LogP contribution in [0.3, 0.4) is 0 Å². The number of carbonyl (C=O) groups excluding carboxylic acids is 3. The Morgan fingerprint density at radius 3 is 0.704 bits per heavy atom. The summed E-state index contributed by atoms with van der Waals surface area (Å²) < 4.78 is 16.9. The molecule has 6 nitrogen and oxygen atoms in total. The molecule has 1 unspecified atom stereocenters. The first-order valence-corrected chi connectivity index (χ1v) is 32.2. The summed E-state index contributed by atoms with van der Waals surface area (Å²) in [7, 11) is 0. The summed E-state index contributed by atoms with van der Waals surface area (Å²) in [6, 6.07) is 0. The fourth-order valence-corrected chi connectivity index (χ4v) is 9.91. The van der Waals surface area contributed by atoms with Crippen molar-refractivity contribution >= 4 is 17.9 Å². The topological polar surface area (TPSA) is 78.9 Å². The van der Waals surface area contributed by atoms with Gasteiger partial charge in [0.25, 0.3) is 0 Å². The zero-order valence-electron chi connectivity index (χ0n) is 48.3. The smallest absolute Gasteiger partial charge is 0.306 e. The van der Waals surface area contributed by atoms with Crippen LogP contribution in [0.2, 0.25) is 0 Å². The standard InChI is InChI=1S/C65H124O6/c1-4-7-10-13-16-19-22-25-28-29-30-31-32-33-34-35-36-38-40-43-46-49-52-55-58-64(67)70-61-62(60-69-63(66)57-54-51-48-45-42-39-27-24-21-18-15-12-9-6-3)71-65(68)59-56-53-50-47-44-41-37-26-23-20-17-14-11-8-5-2/h26,37,62H,4-25,27-36,38-61H2,1-3H3/b37-26-. The van der Waals surface area contributed by atoms with E-state index in [1.807, 2.05) is 0 Å². The first-order chi connectivity index (χ1) is 35.0. The molecule has 0 aliphatic rings. The SMILES string of the molecule is CCCCCCCC/C=C\CCCCCCCC(=O)OC(COC(=O)CCCCCCCCCCCCCCCC)COC(=O)CCCCCCCCCCCCCCCCCCCCCCCCCC. The van der Waals surface area contributed by atoms with Crippen molar-refractivity contribution in [2.24, 2.45) is 0 Å². The van der Waals surface area contributed by atoms with E-state index in [-0.39, 0.29) is 31.1 Å². The van der Waals surface area contributed by atoms with Crippen LogP contribution >= 0.6 is 0 Å². The molecule has 0 aliphatic heterocycles. The van der Waals surface area contributed by atoms with Crippen molar-refractivity contribution in [2.75, 3.05) is 13.2 Å². The van der Waals surface area contributed by atoms with Crippen LogP contribution in [0.4, 0.5) is 0 Å². The lowest BCUT2D eigenvalue weighted by molar-refractivity contribution is -0.167. The zero-order valence-corrected chi connectivity index (χ0v) is 48.3. The van der Waals surface area contributed by atoms with E-state index in [0.717, 1.165) is 64.2 Å². The van der Waals surface area contributed by atoms with Crippen LogP contribution in [0.25, 0.3) is 0 Å². The van der Waals surface area contributed by atoms with Gasteiger partial charge in [-0.3, -0.25) is 14.4 Å². The van der Waals surface area contributed by atoms with Crippen molar-refractivity contribution in [1.82, 2.24) is 0 Å². The molecule has 0 aromatic heterocycles. The van der Waals surface area contributed by atoms with Crippen LogP contribution in [-0.4, -0.2) is 37.2 Å². The lowest BCUT2D eigenvalue weighted by Gasteiger charge is -2.18. The van der Waals surface area contributed by atoms with E-state index in [4.69, 9.17) is 14.2 Å². The van der Waals surface area contributed by atoms with E-state index in [0.29, 0.717) is 19.3 Å². The van der Waals surface area contributed by atoms with Gasteiger partial charge in [0.2, 0.25) is 0 Å². The largest absolute Gasteiger partial charge is 0.462 e. The van der Waals surface area contributed by atoms with Gasteiger partial charge in [0.15, 0.2) is 6.10 Å². The number of esters is 3. The minimum Gasteiger partial charge on any atom is -0.462 e. The van der Waals surface area contributed by atoms with Gasteiger partial charge in [0, 0.05) is 19.3 Å². The Labute approximate surface area is 443 Å². The van der Waals surface area contributed by atoms with Crippen molar-refractivity contribution in [1.29, 1.82) is 0 Å². The molecule has 0 spiro atoms. The van der Waals surface area contributed by atoms with Crippen LogP contribution in [0.5, 0.6) is 0 Å². The Balaban J connectivity index is 4.22. The van der Waals surface area contributed by atoms with Crippen LogP contribution in [0.15, 0.2) is 12.2 Å². The number of hydrogen-bond donors (Lipinski definition) is 0. The maximum Gasteiger partial charge on any atom is 0.306 e. The second kappa shape index (κ2) is 60.7. The Hall–Kier alpha value is -1.85. The molecule has 6 heteroatoms. The van der Waals surface area contributed by atoms with Crippen LogP contribution in [-0.2, 0) is 28.6 Å². The predicted molar refractivity (Wildman–Crippen MR) is 307 cm³/mol. The van der Waals surface area contributed by atoms with Gasteiger partial charge in [-0.2, -0.15) is 0 Å². The minimum absolute atomic E-state index is 0.0670. The Morgan fingerprint density at radius 1 is 0.268 bits per heavy atom. The fraction of sp³-hybridized carbons (Fsp3) is 0.923. The second-order valence-corrected chi connectivity index (χ2v) is 22.0. The quantitative estimate of drug-likeness (QED) is 0.0261. The highest BCUT2D eigenvalue weighted by molar-refractivity contribution is 5.71. The molecule has 0 saturated heterocycles. The molecular formula is C65H124O6. The van der Waals surface area contributed by atoms with Gasteiger partial charge in [-0.15, -0.1) is 0 Å². The van der Waals surface area contributed by atoms with E-state index in [1.165, 1.54) is 263 Å². The van der Waals surface area contributed by atoms with Gasteiger partial charge in [0.05, 0.1) is 0 Å². The molecule has 0 heterocycles. The minimum atomic E-state index is -0.769. The molecule has 0 rings (SSSR count). The summed E-state index contributed by atoms with van der Waals surface area (Å²) in [6.45, 7) is 6.70. The van der Waals surface area contributed by atoms with Crippen molar-refractivity contribution in [3.8, 4) is 0 Å². The molecule has 420 valence electrons. The maximum absolute atomic E-state index is 12.9. The van der Waals surface area contributed by atoms with E-state index in [2.05, 4.69) is 32.9 Å². The first-order valence-electron chi connectivity index (χ1n) is 32.2. The Morgan fingerprint density at radius 2 is 0.465 bits per heavy atom. The number of allylic oxidation sites excluding steroid dienone is 2. The fourth-order valence-electron chi connectivity index (χ4n) is 9.91. The molecule has 0 bridgehead atoms. The van der Waals surface area contributed by atoms with Gasteiger partial charge in [-0.25, -0.2) is 0 Å². The van der Waals surface area contributed by atoms with Crippen molar-refractivity contribution in [2.45, 2.75) is 374 Å². The average molecular weight is 1000 g/mol. The summed E-state index contributed by atoms with van der Waals surface area (Å²) in [6.07, 6.45) is 70.8. The maximum atomic E-state index is 12.9. The van der Waals surface area contributed by atoms with E-state index in [9.17, 15) is 14.4 Å². The molecule has 0 aromatic carbocycles. The van der Waals surface area contributed by atoms with E-state index < -0.39 is 6.10 Å². The van der Waals surface area contributed by atoms with Crippen LogP contribution < -0.4 is 0 Å². The number of hydrogen-bond acceptors (Lipinski definition) is 6. The van der Waals surface area contributed by atoms with Gasteiger partial charge >= 0.3 is 17.9 Å². The lowest BCUT2D eigenvalue weighted by Crippen LogP contribution is -2.30. The van der Waals surface area contributed by atoms with E-state index in [1.54, 1.807) is 0 Å². The second-order valence-electron chi connectivity index (χ2n) is 22.0. The normalized spacial score (nSPS) is 12.0. The highest BCUT2D eigenvalue weighted by Gasteiger charge is 2.19. The average Bonchev–Trinajstić information content (AvgIpc) is 3.37. The van der Waals surface area contributed by atoms with Gasteiger partial charge in [-0.1, -0.05) is 315 Å². The summed E-state index contributed by atoms with van der Waals surface area (Å²) in [5.74, 6) is -0.846. The molecule has 0 fully saturated rings. The Kier molecular flexibility index (Phi) is 59.1. The molecule has 0 aliphatic carbocycles. The molecule has 71 heavy (non-hydrogen) atoms. The third kappa shape index (κ3) is 58.9. The third-order valence-corrected chi connectivity index (χ3v) is 14.8. The molecule has 0 radical (unpaired) electrons. The van der Waals surface area contributed by atoms with Gasteiger partial charge < -0.3 is 14.2 Å². The van der Waals surface area contributed by atoms with Gasteiger partial charge in [0.1, 0.15) is 13.2 Å². The highest BCUT2D eigenvalue weighted by atomic mass is 16.6. The summed E-state index contributed by atoms with van der Waals surface area (Å²) in [5, 5.41) is 0. The number of carbonyl (C=O) groups is 3. The number of ether oxygens (including phenoxy) is 3. The van der Waals surface area contributed by atoms with E-state index >= 15 is 0 Å². The molecule has 0 amide bonds. The summed E-state index contributed by atoms with van der Waals surface area (Å²) in [5.41, 5.74) is 0. The predicted octanol–water partition coefficient (Wildman–Crippen LogP) is 21.7. The monoisotopic (exact) mass is 1000 g/mol.